The Kier molecular flexibility index (Phi) is 5.75. The van der Waals surface area contributed by atoms with E-state index in [1.54, 1.807) is 25.3 Å². The summed E-state index contributed by atoms with van der Waals surface area (Å²) in [6.07, 6.45) is 1.40. The number of aromatic nitrogens is 2. The van der Waals surface area contributed by atoms with E-state index in [1.807, 2.05) is 60.7 Å². The molecular weight excluding hydrogens is 379 g/mol. The van der Waals surface area contributed by atoms with Gasteiger partial charge in [-0.05, 0) is 36.4 Å². The largest absolute Gasteiger partial charge is 0.497 e. The lowest BCUT2D eigenvalue weighted by Crippen LogP contribution is -2.00. The molecule has 6 heteroatoms. The second-order valence-electron chi connectivity index (χ2n) is 6.45. The van der Waals surface area contributed by atoms with Crippen molar-refractivity contribution in [2.45, 2.75) is 0 Å². The van der Waals surface area contributed by atoms with Crippen molar-refractivity contribution in [3.63, 3.8) is 0 Å². The highest BCUT2D eigenvalue weighted by Gasteiger charge is 2.09. The predicted octanol–water partition coefficient (Wildman–Crippen LogP) is 5.40. The molecule has 30 heavy (non-hydrogen) atoms. The molecule has 0 aliphatic carbocycles. The summed E-state index contributed by atoms with van der Waals surface area (Å²) in [5, 5.41) is 4.11. The molecule has 0 amide bonds. The summed E-state index contributed by atoms with van der Waals surface area (Å²) in [5.74, 6) is 0.736. The molecule has 0 aliphatic rings. The number of halogens is 1. The molecular formula is C24H19FN4O. The SMILES string of the molecule is COc1ccc(-c2cc(-c3ccccc3)nc(N/N=C\c3ccccc3F)n2)cc1. The van der Waals surface area contributed by atoms with Gasteiger partial charge in [-0.3, -0.25) is 0 Å². The van der Waals surface area contributed by atoms with Crippen molar-refractivity contribution in [1.29, 1.82) is 0 Å². The van der Waals surface area contributed by atoms with Crippen LogP contribution in [0.3, 0.4) is 0 Å². The van der Waals surface area contributed by atoms with Crippen LogP contribution in [0.25, 0.3) is 22.5 Å². The molecule has 0 atom stereocenters. The van der Waals surface area contributed by atoms with E-state index < -0.39 is 0 Å². The van der Waals surface area contributed by atoms with E-state index in [0.29, 0.717) is 11.5 Å². The Morgan fingerprint density at radius 1 is 0.833 bits per heavy atom. The summed E-state index contributed by atoms with van der Waals surface area (Å²) >= 11 is 0. The molecule has 0 unspecified atom stereocenters. The van der Waals surface area contributed by atoms with E-state index >= 15 is 0 Å². The fourth-order valence-electron chi connectivity index (χ4n) is 2.90. The molecule has 4 aromatic rings. The molecule has 0 saturated heterocycles. The molecule has 0 fully saturated rings. The highest BCUT2D eigenvalue weighted by molar-refractivity contribution is 5.80. The molecule has 0 bridgehead atoms. The van der Waals surface area contributed by atoms with Crippen LogP contribution in [0.4, 0.5) is 10.3 Å². The van der Waals surface area contributed by atoms with Gasteiger partial charge in [0.05, 0.1) is 24.7 Å². The Morgan fingerprint density at radius 3 is 2.13 bits per heavy atom. The van der Waals surface area contributed by atoms with E-state index in [2.05, 4.69) is 20.5 Å². The minimum Gasteiger partial charge on any atom is -0.497 e. The van der Waals surface area contributed by atoms with Crippen LogP contribution < -0.4 is 10.2 Å². The van der Waals surface area contributed by atoms with Gasteiger partial charge < -0.3 is 4.74 Å². The van der Waals surface area contributed by atoms with Crippen molar-refractivity contribution in [3.8, 4) is 28.3 Å². The van der Waals surface area contributed by atoms with E-state index in [0.717, 1.165) is 28.3 Å². The number of nitrogens with zero attached hydrogens (tertiary/aromatic N) is 3. The maximum absolute atomic E-state index is 13.8. The Hall–Kier alpha value is -4.06. The highest BCUT2D eigenvalue weighted by atomic mass is 19.1. The first-order valence-electron chi connectivity index (χ1n) is 9.35. The van der Waals surface area contributed by atoms with Crippen LogP contribution in [0.15, 0.2) is 90.0 Å². The second-order valence-corrected chi connectivity index (χ2v) is 6.45. The molecule has 1 N–H and O–H groups in total. The van der Waals surface area contributed by atoms with Crippen LogP contribution in [-0.2, 0) is 0 Å². The maximum Gasteiger partial charge on any atom is 0.244 e. The summed E-state index contributed by atoms with van der Waals surface area (Å²) in [6.45, 7) is 0. The van der Waals surface area contributed by atoms with Crippen LogP contribution >= 0.6 is 0 Å². The minimum absolute atomic E-state index is 0.315. The number of methoxy groups -OCH3 is 1. The van der Waals surface area contributed by atoms with Gasteiger partial charge >= 0.3 is 0 Å². The lowest BCUT2D eigenvalue weighted by Gasteiger charge is -2.09. The van der Waals surface area contributed by atoms with E-state index in [9.17, 15) is 4.39 Å². The summed E-state index contributed by atoms with van der Waals surface area (Å²) < 4.78 is 19.0. The quantitative estimate of drug-likeness (QED) is 0.349. The number of anilines is 1. The van der Waals surface area contributed by atoms with Crippen LogP contribution in [-0.4, -0.2) is 23.3 Å². The van der Waals surface area contributed by atoms with Gasteiger partial charge in [-0.25, -0.2) is 19.8 Å². The molecule has 0 aliphatic heterocycles. The van der Waals surface area contributed by atoms with Gasteiger partial charge in [0, 0.05) is 16.7 Å². The smallest absolute Gasteiger partial charge is 0.244 e. The van der Waals surface area contributed by atoms with Gasteiger partial charge in [-0.2, -0.15) is 5.10 Å². The number of hydrogen-bond donors (Lipinski definition) is 1. The molecule has 5 nitrogen and oxygen atoms in total. The summed E-state index contributed by atoms with van der Waals surface area (Å²) in [4.78, 5) is 9.13. The number of ether oxygens (including phenoxy) is 1. The molecule has 0 saturated carbocycles. The Labute approximate surface area is 173 Å². The molecule has 0 spiro atoms. The third kappa shape index (κ3) is 4.50. The molecule has 148 valence electrons. The highest BCUT2D eigenvalue weighted by Crippen LogP contribution is 2.26. The van der Waals surface area contributed by atoms with Crippen molar-refractivity contribution in [1.82, 2.24) is 9.97 Å². The fourth-order valence-corrected chi connectivity index (χ4v) is 2.90. The number of hydrazone groups is 1. The minimum atomic E-state index is -0.346. The lowest BCUT2D eigenvalue weighted by molar-refractivity contribution is 0.415. The van der Waals surface area contributed by atoms with Crippen LogP contribution in [0.2, 0.25) is 0 Å². The first-order valence-corrected chi connectivity index (χ1v) is 9.35. The third-order valence-electron chi connectivity index (χ3n) is 4.45. The van der Waals surface area contributed by atoms with Crippen molar-refractivity contribution in [2.75, 3.05) is 12.5 Å². The average Bonchev–Trinajstić information content (AvgIpc) is 2.81. The summed E-state index contributed by atoms with van der Waals surface area (Å²) in [7, 11) is 1.63. The van der Waals surface area contributed by atoms with Gasteiger partial charge in [0.1, 0.15) is 11.6 Å². The first-order chi connectivity index (χ1) is 14.7. The van der Waals surface area contributed by atoms with Crippen molar-refractivity contribution in [2.24, 2.45) is 5.10 Å². The molecule has 4 rings (SSSR count). The molecule has 1 aromatic heterocycles. The second kappa shape index (κ2) is 8.96. The van der Waals surface area contributed by atoms with Crippen molar-refractivity contribution >= 4 is 12.2 Å². The summed E-state index contributed by atoms with van der Waals surface area (Å²) in [5.41, 5.74) is 6.54. The predicted molar refractivity (Wildman–Crippen MR) is 117 cm³/mol. The lowest BCUT2D eigenvalue weighted by atomic mass is 10.1. The zero-order valence-corrected chi connectivity index (χ0v) is 16.3. The van der Waals surface area contributed by atoms with Crippen LogP contribution in [0, 0.1) is 5.82 Å². The van der Waals surface area contributed by atoms with E-state index in [-0.39, 0.29) is 5.82 Å². The Balaban J connectivity index is 1.69. The normalized spacial score (nSPS) is 10.9. The summed E-state index contributed by atoms with van der Waals surface area (Å²) in [6, 6.07) is 25.8. The number of rotatable bonds is 6. The van der Waals surface area contributed by atoms with Gasteiger partial charge in [0.25, 0.3) is 0 Å². The van der Waals surface area contributed by atoms with Gasteiger partial charge in [0.2, 0.25) is 5.95 Å². The fraction of sp³-hybridized carbons (Fsp3) is 0.0417. The van der Waals surface area contributed by atoms with Gasteiger partial charge in [-0.1, -0.05) is 48.5 Å². The molecule has 1 heterocycles. The monoisotopic (exact) mass is 398 g/mol. The standard InChI is InChI=1S/C24H19FN4O/c1-30-20-13-11-18(12-14-20)23-15-22(17-7-3-2-4-8-17)27-24(28-23)29-26-16-19-9-5-6-10-21(19)25/h2-16H,1H3,(H,27,28,29)/b26-16-. The molecule has 0 radical (unpaired) electrons. The Bertz CT molecular complexity index is 1160. The van der Waals surface area contributed by atoms with E-state index in [4.69, 9.17) is 4.74 Å². The Morgan fingerprint density at radius 2 is 1.47 bits per heavy atom. The average molecular weight is 398 g/mol. The zero-order chi connectivity index (χ0) is 20.8. The van der Waals surface area contributed by atoms with Crippen LogP contribution in [0.5, 0.6) is 5.75 Å². The number of benzene rings is 3. The van der Waals surface area contributed by atoms with Crippen LogP contribution in [0.1, 0.15) is 5.56 Å². The third-order valence-corrected chi connectivity index (χ3v) is 4.45. The van der Waals surface area contributed by atoms with E-state index in [1.165, 1.54) is 12.3 Å². The topological polar surface area (TPSA) is 59.4 Å². The van der Waals surface area contributed by atoms with Gasteiger partial charge in [0.15, 0.2) is 0 Å². The number of nitrogens with one attached hydrogen (secondary N) is 1. The number of hydrogen-bond acceptors (Lipinski definition) is 5. The van der Waals surface area contributed by atoms with Crippen molar-refractivity contribution < 1.29 is 9.13 Å². The van der Waals surface area contributed by atoms with Gasteiger partial charge in [-0.15, -0.1) is 0 Å². The first kappa shape index (κ1) is 19.3. The molecule has 3 aromatic carbocycles. The maximum atomic E-state index is 13.8. The van der Waals surface area contributed by atoms with Crippen molar-refractivity contribution in [3.05, 3.63) is 96.3 Å². The zero-order valence-electron chi connectivity index (χ0n) is 16.3.